The van der Waals surface area contributed by atoms with Crippen LogP contribution in [0.3, 0.4) is 0 Å². The van der Waals surface area contributed by atoms with Crippen LogP contribution in [0.15, 0.2) is 18.2 Å². The maximum atomic E-state index is 9.61. The maximum Gasteiger partial charge on any atom is 0.121 e. The van der Waals surface area contributed by atoms with Crippen molar-refractivity contribution in [3.63, 3.8) is 0 Å². The molecule has 3 heteroatoms. The normalized spacial score (nSPS) is 10.6. The van der Waals surface area contributed by atoms with Crippen LogP contribution in [-0.4, -0.2) is 11.7 Å². The van der Waals surface area contributed by atoms with Gasteiger partial charge in [0.25, 0.3) is 0 Å². The summed E-state index contributed by atoms with van der Waals surface area (Å²) in [6.07, 6.45) is 4.99. The molecule has 0 saturated carbocycles. The summed E-state index contributed by atoms with van der Waals surface area (Å²) in [6, 6.07) is 5.22. The van der Waals surface area contributed by atoms with E-state index in [0.717, 1.165) is 12.1 Å². The first-order valence-electron chi connectivity index (χ1n) is 5.92. The van der Waals surface area contributed by atoms with Crippen molar-refractivity contribution in [2.75, 3.05) is 6.54 Å². The van der Waals surface area contributed by atoms with Crippen molar-refractivity contribution in [2.45, 2.75) is 39.2 Å². The molecule has 0 amide bonds. The van der Waals surface area contributed by atoms with Crippen molar-refractivity contribution in [1.82, 2.24) is 5.32 Å². The summed E-state index contributed by atoms with van der Waals surface area (Å²) in [6.45, 7) is 3.82. The Hall–Kier alpha value is -0.730. The molecular formula is C13H20ClNO. The maximum absolute atomic E-state index is 9.61. The van der Waals surface area contributed by atoms with Gasteiger partial charge in [0.05, 0.1) is 0 Å². The van der Waals surface area contributed by atoms with E-state index in [4.69, 9.17) is 11.6 Å². The Morgan fingerprint density at radius 2 is 2.06 bits per heavy atom. The third kappa shape index (κ3) is 4.42. The van der Waals surface area contributed by atoms with Gasteiger partial charge in [-0.3, -0.25) is 0 Å². The van der Waals surface area contributed by atoms with E-state index < -0.39 is 0 Å². The Morgan fingerprint density at radius 1 is 1.25 bits per heavy atom. The Morgan fingerprint density at radius 3 is 2.75 bits per heavy atom. The molecule has 0 aliphatic carbocycles. The number of benzene rings is 1. The first-order chi connectivity index (χ1) is 7.75. The predicted molar refractivity (Wildman–Crippen MR) is 69.0 cm³/mol. The number of hydrogen-bond donors (Lipinski definition) is 2. The van der Waals surface area contributed by atoms with Crippen molar-refractivity contribution < 1.29 is 5.11 Å². The molecule has 0 fully saturated rings. The van der Waals surface area contributed by atoms with Crippen molar-refractivity contribution in [2.24, 2.45) is 0 Å². The van der Waals surface area contributed by atoms with Crippen LogP contribution in [0.25, 0.3) is 0 Å². The highest BCUT2D eigenvalue weighted by Gasteiger charge is 2.04. The standard InChI is InChI=1S/C13H20ClNO/c1-2-3-4-5-9-15-10-11-12(14)7-6-8-13(11)16/h6-8,15-16H,2-5,9-10H2,1H3. The second-order valence-corrected chi connectivity index (χ2v) is 4.38. The highest BCUT2D eigenvalue weighted by atomic mass is 35.5. The Balaban J connectivity index is 2.26. The number of halogens is 1. The molecule has 0 atom stereocenters. The molecule has 0 bridgehead atoms. The third-order valence-electron chi connectivity index (χ3n) is 2.60. The van der Waals surface area contributed by atoms with Gasteiger partial charge in [-0.25, -0.2) is 0 Å². The molecule has 0 saturated heterocycles. The first-order valence-corrected chi connectivity index (χ1v) is 6.30. The van der Waals surface area contributed by atoms with Gasteiger partial charge >= 0.3 is 0 Å². The Labute approximate surface area is 103 Å². The molecule has 1 rings (SSSR count). The fourth-order valence-electron chi connectivity index (χ4n) is 1.61. The Bertz CT molecular complexity index is 295. The van der Waals surface area contributed by atoms with Gasteiger partial charge in [-0.15, -0.1) is 0 Å². The summed E-state index contributed by atoms with van der Waals surface area (Å²) < 4.78 is 0. The van der Waals surface area contributed by atoms with E-state index in [0.29, 0.717) is 11.6 Å². The lowest BCUT2D eigenvalue weighted by Crippen LogP contribution is -2.15. The van der Waals surface area contributed by atoms with E-state index in [1.165, 1.54) is 25.7 Å². The number of unbranched alkanes of at least 4 members (excludes halogenated alkanes) is 3. The molecule has 0 aliphatic rings. The lowest BCUT2D eigenvalue weighted by Gasteiger charge is -2.08. The largest absolute Gasteiger partial charge is 0.508 e. The van der Waals surface area contributed by atoms with Crippen LogP contribution in [-0.2, 0) is 6.54 Å². The molecule has 0 heterocycles. The third-order valence-corrected chi connectivity index (χ3v) is 2.96. The summed E-state index contributed by atoms with van der Waals surface area (Å²) in [5, 5.41) is 13.5. The number of phenolic OH excluding ortho intramolecular Hbond substituents is 1. The zero-order valence-electron chi connectivity index (χ0n) is 9.80. The zero-order chi connectivity index (χ0) is 11.8. The highest BCUT2D eigenvalue weighted by molar-refractivity contribution is 6.31. The van der Waals surface area contributed by atoms with Crippen LogP contribution in [0.1, 0.15) is 38.2 Å². The number of hydrogen-bond acceptors (Lipinski definition) is 2. The summed E-state index contributed by atoms with van der Waals surface area (Å²) in [7, 11) is 0. The fourth-order valence-corrected chi connectivity index (χ4v) is 1.85. The van der Waals surface area contributed by atoms with Crippen LogP contribution >= 0.6 is 11.6 Å². The second-order valence-electron chi connectivity index (χ2n) is 3.97. The minimum atomic E-state index is 0.272. The smallest absolute Gasteiger partial charge is 0.121 e. The summed E-state index contributed by atoms with van der Waals surface area (Å²) in [5.41, 5.74) is 0.791. The van der Waals surface area contributed by atoms with Crippen LogP contribution in [0.4, 0.5) is 0 Å². The lowest BCUT2D eigenvalue weighted by atomic mass is 10.2. The summed E-state index contributed by atoms with van der Waals surface area (Å²) in [4.78, 5) is 0. The monoisotopic (exact) mass is 241 g/mol. The molecule has 0 unspecified atom stereocenters. The van der Waals surface area contributed by atoms with Gasteiger partial charge in [-0.2, -0.15) is 0 Å². The molecule has 2 nitrogen and oxygen atoms in total. The SMILES string of the molecule is CCCCCCNCc1c(O)cccc1Cl. The van der Waals surface area contributed by atoms with E-state index >= 15 is 0 Å². The van der Waals surface area contributed by atoms with E-state index in [-0.39, 0.29) is 5.75 Å². The van der Waals surface area contributed by atoms with E-state index in [1.54, 1.807) is 18.2 Å². The Kier molecular flexibility index (Phi) is 6.27. The number of rotatable bonds is 7. The fraction of sp³-hybridized carbons (Fsp3) is 0.538. The second kappa shape index (κ2) is 7.53. The molecule has 0 aliphatic heterocycles. The van der Waals surface area contributed by atoms with Crippen LogP contribution in [0, 0.1) is 0 Å². The minimum Gasteiger partial charge on any atom is -0.508 e. The van der Waals surface area contributed by atoms with Crippen molar-refractivity contribution in [1.29, 1.82) is 0 Å². The van der Waals surface area contributed by atoms with Crippen LogP contribution in [0.2, 0.25) is 5.02 Å². The van der Waals surface area contributed by atoms with Gasteiger partial charge in [0.15, 0.2) is 0 Å². The first kappa shape index (κ1) is 13.3. The molecule has 16 heavy (non-hydrogen) atoms. The van der Waals surface area contributed by atoms with Gasteiger partial charge in [0.1, 0.15) is 5.75 Å². The van der Waals surface area contributed by atoms with Crippen molar-refractivity contribution in [3.8, 4) is 5.75 Å². The molecule has 0 radical (unpaired) electrons. The van der Waals surface area contributed by atoms with Crippen LogP contribution in [0.5, 0.6) is 5.75 Å². The molecule has 90 valence electrons. The minimum absolute atomic E-state index is 0.272. The van der Waals surface area contributed by atoms with E-state index in [9.17, 15) is 5.11 Å². The molecule has 2 N–H and O–H groups in total. The average molecular weight is 242 g/mol. The van der Waals surface area contributed by atoms with E-state index in [2.05, 4.69) is 12.2 Å². The van der Waals surface area contributed by atoms with Crippen LogP contribution < -0.4 is 5.32 Å². The average Bonchev–Trinajstić information content (AvgIpc) is 2.26. The lowest BCUT2D eigenvalue weighted by molar-refractivity contribution is 0.464. The summed E-state index contributed by atoms with van der Waals surface area (Å²) >= 11 is 5.99. The van der Waals surface area contributed by atoms with Gasteiger partial charge in [0, 0.05) is 17.1 Å². The quantitative estimate of drug-likeness (QED) is 0.714. The van der Waals surface area contributed by atoms with Gasteiger partial charge in [-0.05, 0) is 25.1 Å². The summed E-state index contributed by atoms with van der Waals surface area (Å²) in [5.74, 6) is 0.272. The van der Waals surface area contributed by atoms with Gasteiger partial charge in [0.2, 0.25) is 0 Å². The molecule has 0 aromatic heterocycles. The molecule has 0 spiro atoms. The molecule has 1 aromatic rings. The predicted octanol–water partition coefficient (Wildman–Crippen LogP) is 3.72. The molecular weight excluding hydrogens is 222 g/mol. The zero-order valence-corrected chi connectivity index (χ0v) is 10.6. The number of nitrogens with one attached hydrogen (secondary N) is 1. The van der Waals surface area contributed by atoms with Gasteiger partial charge in [-0.1, -0.05) is 43.9 Å². The van der Waals surface area contributed by atoms with Crippen molar-refractivity contribution >= 4 is 11.6 Å². The van der Waals surface area contributed by atoms with E-state index in [1.807, 2.05) is 0 Å². The molecule has 1 aromatic carbocycles. The van der Waals surface area contributed by atoms with Gasteiger partial charge < -0.3 is 10.4 Å². The highest BCUT2D eigenvalue weighted by Crippen LogP contribution is 2.24. The number of aromatic hydroxyl groups is 1. The van der Waals surface area contributed by atoms with Crippen molar-refractivity contribution in [3.05, 3.63) is 28.8 Å². The number of phenols is 1. The topological polar surface area (TPSA) is 32.3 Å².